The molecule has 0 aliphatic carbocycles. The normalized spacial score (nSPS) is 13.7. The van der Waals surface area contributed by atoms with Crippen LogP contribution in [0.1, 0.15) is 41.5 Å². The van der Waals surface area contributed by atoms with Gasteiger partial charge in [0.25, 0.3) is 0 Å². The summed E-state index contributed by atoms with van der Waals surface area (Å²) in [7, 11) is -3.38. The highest BCUT2D eigenvalue weighted by Gasteiger charge is 2.32. The third-order valence-corrected chi connectivity index (χ3v) is 7.80. The first kappa shape index (κ1) is 24.0. The van der Waals surface area contributed by atoms with Crippen LogP contribution in [0.5, 0.6) is 5.75 Å². The van der Waals surface area contributed by atoms with E-state index in [4.69, 9.17) is 14.3 Å². The SMILES string of the molecule is CCS(=O)(=O)N1Cc2c(CCC(=O)O)ccc(OCCc3nc(-c4ccccc4)oc3C)c2C1. The van der Waals surface area contributed by atoms with Crippen LogP contribution in [0.2, 0.25) is 0 Å². The van der Waals surface area contributed by atoms with Gasteiger partial charge in [0.05, 0.1) is 18.1 Å². The summed E-state index contributed by atoms with van der Waals surface area (Å²) in [5.74, 6) is 1.04. The van der Waals surface area contributed by atoms with Crippen LogP contribution in [-0.4, -0.2) is 41.1 Å². The predicted octanol–water partition coefficient (Wildman–Crippen LogP) is 3.95. The van der Waals surface area contributed by atoms with Crippen molar-refractivity contribution < 1.29 is 27.5 Å². The molecule has 0 amide bonds. The molecule has 3 aromatic rings. The average molecular weight is 485 g/mol. The maximum atomic E-state index is 12.5. The largest absolute Gasteiger partial charge is 0.493 e. The number of aliphatic carboxylic acids is 1. The Morgan fingerprint density at radius 2 is 1.85 bits per heavy atom. The molecule has 8 nitrogen and oxygen atoms in total. The monoisotopic (exact) mass is 484 g/mol. The minimum absolute atomic E-state index is 0.0107. The zero-order chi connectivity index (χ0) is 24.3. The molecule has 0 saturated heterocycles. The van der Waals surface area contributed by atoms with Gasteiger partial charge in [-0.25, -0.2) is 13.4 Å². The van der Waals surface area contributed by atoms with Crippen LogP contribution in [0.3, 0.4) is 0 Å². The molecule has 180 valence electrons. The topological polar surface area (TPSA) is 110 Å². The van der Waals surface area contributed by atoms with Crippen molar-refractivity contribution in [3.8, 4) is 17.2 Å². The number of carboxylic acid groups (broad SMARTS) is 1. The van der Waals surface area contributed by atoms with Gasteiger partial charge in [-0.05, 0) is 49.6 Å². The molecule has 0 unspecified atom stereocenters. The van der Waals surface area contributed by atoms with Crippen molar-refractivity contribution in [1.29, 1.82) is 0 Å². The van der Waals surface area contributed by atoms with Gasteiger partial charge in [0.2, 0.25) is 15.9 Å². The van der Waals surface area contributed by atoms with E-state index in [1.165, 1.54) is 4.31 Å². The number of hydrogen-bond acceptors (Lipinski definition) is 6. The van der Waals surface area contributed by atoms with Crippen LogP contribution >= 0.6 is 0 Å². The van der Waals surface area contributed by atoms with Gasteiger partial charge >= 0.3 is 5.97 Å². The molecule has 0 radical (unpaired) electrons. The van der Waals surface area contributed by atoms with E-state index in [2.05, 4.69) is 4.98 Å². The standard InChI is InChI=1S/C25H28N2O6S/c1-3-34(30,31)27-15-20-18(10-12-24(28)29)9-11-23(21(20)16-27)32-14-13-22-17(2)33-25(26-22)19-7-5-4-6-8-19/h4-9,11H,3,10,12-16H2,1-2H3,(H,28,29). The highest BCUT2D eigenvalue weighted by atomic mass is 32.2. The van der Waals surface area contributed by atoms with Crippen molar-refractivity contribution in [2.45, 2.75) is 46.2 Å². The number of hydrogen-bond donors (Lipinski definition) is 1. The fraction of sp³-hybridized carbons (Fsp3) is 0.360. The Labute approximate surface area is 199 Å². The molecule has 0 spiro atoms. The highest BCUT2D eigenvalue weighted by molar-refractivity contribution is 7.89. The summed E-state index contributed by atoms with van der Waals surface area (Å²) in [5.41, 5.74) is 4.22. The van der Waals surface area contributed by atoms with Crippen molar-refractivity contribution in [3.63, 3.8) is 0 Å². The van der Waals surface area contributed by atoms with Gasteiger partial charge in [0.15, 0.2) is 0 Å². The number of aryl methyl sites for hydroxylation is 2. The fourth-order valence-corrected chi connectivity index (χ4v) is 5.13. The van der Waals surface area contributed by atoms with Crippen LogP contribution in [0, 0.1) is 6.92 Å². The van der Waals surface area contributed by atoms with E-state index >= 15 is 0 Å². The minimum atomic E-state index is -3.38. The Balaban J connectivity index is 1.50. The summed E-state index contributed by atoms with van der Waals surface area (Å²) >= 11 is 0. The number of oxazole rings is 1. The summed E-state index contributed by atoms with van der Waals surface area (Å²) in [4.78, 5) is 15.7. The Morgan fingerprint density at radius 1 is 1.12 bits per heavy atom. The lowest BCUT2D eigenvalue weighted by molar-refractivity contribution is -0.136. The quantitative estimate of drug-likeness (QED) is 0.464. The zero-order valence-electron chi connectivity index (χ0n) is 19.3. The lowest BCUT2D eigenvalue weighted by atomic mass is 9.99. The molecule has 9 heteroatoms. The maximum Gasteiger partial charge on any atom is 0.303 e. The number of aromatic nitrogens is 1. The number of rotatable bonds is 10. The molecule has 2 heterocycles. The lowest BCUT2D eigenvalue weighted by Crippen LogP contribution is -2.27. The third-order valence-electron chi connectivity index (χ3n) is 6.03. The number of benzene rings is 2. The van der Waals surface area contributed by atoms with Gasteiger partial charge < -0.3 is 14.3 Å². The van der Waals surface area contributed by atoms with Crippen LogP contribution in [-0.2, 0) is 40.7 Å². The molecule has 0 fully saturated rings. The second-order valence-electron chi connectivity index (χ2n) is 8.23. The number of nitrogens with zero attached hydrogens (tertiary/aromatic N) is 2. The van der Waals surface area contributed by atoms with Gasteiger partial charge in [-0.2, -0.15) is 4.31 Å². The van der Waals surface area contributed by atoms with Crippen molar-refractivity contribution in [2.24, 2.45) is 0 Å². The molecule has 1 aliphatic heterocycles. The van der Waals surface area contributed by atoms with E-state index in [0.29, 0.717) is 31.1 Å². The molecule has 1 N–H and O–H groups in total. The zero-order valence-corrected chi connectivity index (χ0v) is 20.1. The number of ether oxygens (including phenoxy) is 1. The van der Waals surface area contributed by atoms with Crippen LogP contribution in [0.4, 0.5) is 0 Å². The fourth-order valence-electron chi connectivity index (χ4n) is 4.11. The van der Waals surface area contributed by atoms with Crippen molar-refractivity contribution in [1.82, 2.24) is 9.29 Å². The second kappa shape index (κ2) is 9.99. The Hall–Kier alpha value is -3.17. The first-order valence-corrected chi connectivity index (χ1v) is 12.9. The number of carbonyl (C=O) groups is 1. The Kier molecular flexibility index (Phi) is 7.04. The number of sulfonamides is 1. The van der Waals surface area contributed by atoms with E-state index in [-0.39, 0.29) is 25.3 Å². The molecule has 1 aromatic heterocycles. The van der Waals surface area contributed by atoms with Gasteiger partial charge in [0.1, 0.15) is 11.5 Å². The molecule has 0 saturated carbocycles. The van der Waals surface area contributed by atoms with Crippen LogP contribution in [0.25, 0.3) is 11.5 Å². The molecule has 34 heavy (non-hydrogen) atoms. The number of fused-ring (bicyclic) bond motifs is 1. The minimum Gasteiger partial charge on any atom is -0.493 e. The van der Waals surface area contributed by atoms with Crippen molar-refractivity contribution in [3.05, 3.63) is 70.6 Å². The molecular formula is C25H28N2O6S. The average Bonchev–Trinajstić information content (AvgIpc) is 3.44. The maximum absolute atomic E-state index is 12.5. The molecule has 4 rings (SSSR count). The third kappa shape index (κ3) is 5.15. The van der Waals surface area contributed by atoms with Crippen LogP contribution in [0.15, 0.2) is 46.9 Å². The van der Waals surface area contributed by atoms with Gasteiger partial charge in [-0.3, -0.25) is 4.79 Å². The predicted molar refractivity (Wildman–Crippen MR) is 127 cm³/mol. The van der Waals surface area contributed by atoms with E-state index < -0.39 is 16.0 Å². The molecule has 1 aliphatic rings. The van der Waals surface area contributed by atoms with Gasteiger partial charge in [-0.15, -0.1) is 0 Å². The first-order chi connectivity index (χ1) is 16.3. The summed E-state index contributed by atoms with van der Waals surface area (Å²) < 4.78 is 38.3. The molecule has 0 atom stereocenters. The van der Waals surface area contributed by atoms with E-state index in [1.54, 1.807) is 6.92 Å². The van der Waals surface area contributed by atoms with Crippen LogP contribution < -0.4 is 4.74 Å². The molecule has 0 bridgehead atoms. The van der Waals surface area contributed by atoms with Gasteiger partial charge in [0, 0.05) is 37.1 Å². The number of carboxylic acids is 1. The second-order valence-corrected chi connectivity index (χ2v) is 10.5. The first-order valence-electron chi connectivity index (χ1n) is 11.3. The van der Waals surface area contributed by atoms with Crippen molar-refractivity contribution >= 4 is 16.0 Å². The summed E-state index contributed by atoms with van der Waals surface area (Å²) in [5, 5.41) is 9.07. The molecular weight excluding hydrogens is 456 g/mol. The Bertz CT molecular complexity index is 1280. The van der Waals surface area contributed by atoms with Crippen molar-refractivity contribution in [2.75, 3.05) is 12.4 Å². The highest BCUT2D eigenvalue weighted by Crippen LogP contribution is 2.36. The summed E-state index contributed by atoms with van der Waals surface area (Å²) in [6.45, 7) is 4.30. The lowest BCUT2D eigenvalue weighted by Gasteiger charge is -2.14. The summed E-state index contributed by atoms with van der Waals surface area (Å²) in [6, 6.07) is 13.3. The van der Waals surface area contributed by atoms with E-state index in [0.717, 1.165) is 33.7 Å². The molecule has 2 aromatic carbocycles. The van der Waals surface area contributed by atoms with E-state index in [1.807, 2.05) is 49.4 Å². The van der Waals surface area contributed by atoms with E-state index in [9.17, 15) is 13.2 Å². The Morgan fingerprint density at radius 3 is 2.56 bits per heavy atom. The summed E-state index contributed by atoms with van der Waals surface area (Å²) in [6.07, 6.45) is 0.870. The smallest absolute Gasteiger partial charge is 0.303 e. The van der Waals surface area contributed by atoms with Gasteiger partial charge in [-0.1, -0.05) is 24.3 Å².